The number of ether oxygens (including phenoxy) is 3. The second kappa shape index (κ2) is 8.21. The molecule has 3 unspecified atom stereocenters. The highest BCUT2D eigenvalue weighted by Gasteiger charge is 2.65. The van der Waals surface area contributed by atoms with Gasteiger partial charge in [0.15, 0.2) is 16.1 Å². The summed E-state index contributed by atoms with van der Waals surface area (Å²) in [6.07, 6.45) is 2.77. The molecule has 1 aromatic rings. The van der Waals surface area contributed by atoms with Gasteiger partial charge in [-0.2, -0.15) is 0 Å². The Morgan fingerprint density at radius 2 is 2.25 bits per heavy atom. The number of rotatable bonds is 9. The fourth-order valence-electron chi connectivity index (χ4n) is 3.60. The van der Waals surface area contributed by atoms with Crippen LogP contribution in [0.15, 0.2) is 18.0 Å². The largest absolute Gasteiger partial charge is 0.459 e. The normalized spacial score (nSPS) is 29.4. The van der Waals surface area contributed by atoms with E-state index in [9.17, 15) is 9.59 Å². The van der Waals surface area contributed by atoms with Gasteiger partial charge < -0.3 is 19.5 Å². The number of carbonyl (C=O) groups is 2. The number of nitrogens with zero attached hydrogens (tertiary/aromatic N) is 1. The maximum atomic E-state index is 12.7. The standard InChI is InChI=1S/C20H28N2O5S/c1-5-7-21-18-22-15(11-28-18)19(4)12-20(17(24)27-19)9-14(26-16(20)23)10-25-8-6-13(2)3/h5,11,13-14H,1,6-10,12H2,2-4H3,(H,21,22). The first kappa shape index (κ1) is 20.8. The highest BCUT2D eigenvalue weighted by molar-refractivity contribution is 7.13. The Kier molecular flexibility index (Phi) is 6.09. The zero-order chi connectivity index (χ0) is 20.4. The molecule has 0 bridgehead atoms. The predicted molar refractivity (Wildman–Crippen MR) is 106 cm³/mol. The van der Waals surface area contributed by atoms with Crippen LogP contribution in [0.25, 0.3) is 0 Å². The van der Waals surface area contributed by atoms with Gasteiger partial charge in [-0.25, -0.2) is 4.98 Å². The van der Waals surface area contributed by atoms with Gasteiger partial charge in [-0.15, -0.1) is 17.9 Å². The summed E-state index contributed by atoms with van der Waals surface area (Å²) in [5, 5.41) is 5.69. The number of carbonyl (C=O) groups excluding carboxylic acids is 2. The molecule has 0 radical (unpaired) electrons. The predicted octanol–water partition coefficient (Wildman–Crippen LogP) is 3.27. The number of esters is 2. The number of cyclic esters (lactones) is 2. The van der Waals surface area contributed by atoms with Gasteiger partial charge in [0.05, 0.1) is 12.3 Å². The SMILES string of the molecule is C=CCNc1nc(C2(C)CC3(CC(COCCC(C)C)OC3=O)C(=O)O2)cs1. The average Bonchev–Trinajstić information content (AvgIpc) is 3.29. The number of hydrogen-bond donors (Lipinski definition) is 1. The molecule has 0 saturated carbocycles. The third-order valence-corrected chi connectivity index (χ3v) is 5.98. The van der Waals surface area contributed by atoms with Crippen molar-refractivity contribution in [3.8, 4) is 0 Å². The van der Waals surface area contributed by atoms with E-state index < -0.39 is 29.1 Å². The lowest BCUT2D eigenvalue weighted by atomic mass is 9.78. The molecule has 0 amide bonds. The quantitative estimate of drug-likeness (QED) is 0.290. The Balaban J connectivity index is 1.66. The zero-order valence-corrected chi connectivity index (χ0v) is 17.5. The van der Waals surface area contributed by atoms with Crippen LogP contribution in [0.1, 0.15) is 45.7 Å². The summed E-state index contributed by atoms with van der Waals surface area (Å²) in [6.45, 7) is 11.2. The van der Waals surface area contributed by atoms with Crippen LogP contribution in [0.2, 0.25) is 0 Å². The molecule has 1 N–H and O–H groups in total. The Labute approximate surface area is 169 Å². The van der Waals surface area contributed by atoms with Crippen LogP contribution < -0.4 is 5.32 Å². The summed E-state index contributed by atoms with van der Waals surface area (Å²) in [5.74, 6) is -0.496. The Morgan fingerprint density at radius 1 is 1.46 bits per heavy atom. The molecule has 1 spiro atoms. The van der Waals surface area contributed by atoms with Crippen LogP contribution in [0.5, 0.6) is 0 Å². The minimum absolute atomic E-state index is 0.227. The summed E-state index contributed by atoms with van der Waals surface area (Å²) >= 11 is 1.43. The van der Waals surface area contributed by atoms with Crippen LogP contribution in [-0.2, 0) is 29.4 Å². The fraction of sp³-hybridized carbons (Fsp3) is 0.650. The second-order valence-corrected chi connectivity index (χ2v) is 8.93. The molecular weight excluding hydrogens is 380 g/mol. The van der Waals surface area contributed by atoms with Crippen molar-refractivity contribution in [2.24, 2.45) is 11.3 Å². The van der Waals surface area contributed by atoms with Crippen molar-refractivity contribution in [2.45, 2.75) is 51.7 Å². The first-order valence-electron chi connectivity index (χ1n) is 9.62. The molecule has 3 atom stereocenters. The van der Waals surface area contributed by atoms with E-state index in [1.54, 1.807) is 13.0 Å². The lowest BCUT2D eigenvalue weighted by Gasteiger charge is -2.20. The average molecular weight is 409 g/mol. The molecule has 154 valence electrons. The number of hydrogen-bond acceptors (Lipinski definition) is 8. The van der Waals surface area contributed by atoms with Gasteiger partial charge in [0, 0.05) is 31.4 Å². The molecule has 2 aliphatic heterocycles. The summed E-state index contributed by atoms with van der Waals surface area (Å²) in [4.78, 5) is 29.8. The van der Waals surface area contributed by atoms with Gasteiger partial charge in [0.2, 0.25) is 0 Å². The minimum Gasteiger partial charge on any atom is -0.459 e. The van der Waals surface area contributed by atoms with Crippen molar-refractivity contribution in [3.63, 3.8) is 0 Å². The number of anilines is 1. The zero-order valence-electron chi connectivity index (χ0n) is 16.7. The molecule has 2 saturated heterocycles. The van der Waals surface area contributed by atoms with Crippen LogP contribution in [0, 0.1) is 11.3 Å². The second-order valence-electron chi connectivity index (χ2n) is 8.08. The molecule has 0 aliphatic carbocycles. The molecule has 0 aromatic carbocycles. The maximum absolute atomic E-state index is 12.7. The number of nitrogens with one attached hydrogen (secondary N) is 1. The third kappa shape index (κ3) is 4.07. The van der Waals surface area contributed by atoms with E-state index in [2.05, 4.69) is 30.7 Å². The number of thiazole rings is 1. The van der Waals surface area contributed by atoms with E-state index in [1.807, 2.05) is 5.38 Å². The van der Waals surface area contributed by atoms with Crippen molar-refractivity contribution < 1.29 is 23.8 Å². The van der Waals surface area contributed by atoms with Crippen molar-refractivity contribution in [1.29, 1.82) is 0 Å². The third-order valence-electron chi connectivity index (χ3n) is 5.18. The highest BCUT2D eigenvalue weighted by atomic mass is 32.1. The Bertz CT molecular complexity index is 749. The molecule has 1 aromatic heterocycles. The van der Waals surface area contributed by atoms with Gasteiger partial charge in [-0.3, -0.25) is 9.59 Å². The van der Waals surface area contributed by atoms with Crippen LogP contribution in [0.4, 0.5) is 5.13 Å². The lowest BCUT2D eigenvalue weighted by molar-refractivity contribution is -0.160. The Morgan fingerprint density at radius 3 is 2.96 bits per heavy atom. The molecule has 2 fully saturated rings. The molecule has 2 aliphatic rings. The maximum Gasteiger partial charge on any atom is 0.324 e. The molecular formula is C20H28N2O5S. The monoisotopic (exact) mass is 408 g/mol. The molecule has 28 heavy (non-hydrogen) atoms. The van der Waals surface area contributed by atoms with Crippen LogP contribution in [0.3, 0.4) is 0 Å². The molecule has 7 nitrogen and oxygen atoms in total. The van der Waals surface area contributed by atoms with E-state index in [-0.39, 0.29) is 12.8 Å². The van der Waals surface area contributed by atoms with Crippen LogP contribution in [-0.4, -0.2) is 42.8 Å². The first-order chi connectivity index (χ1) is 13.3. The van der Waals surface area contributed by atoms with Crippen molar-refractivity contribution in [3.05, 3.63) is 23.7 Å². The van der Waals surface area contributed by atoms with Gasteiger partial charge in [-0.1, -0.05) is 19.9 Å². The highest BCUT2D eigenvalue weighted by Crippen LogP contribution is 2.52. The van der Waals surface area contributed by atoms with E-state index in [1.165, 1.54) is 11.3 Å². The van der Waals surface area contributed by atoms with Crippen LogP contribution >= 0.6 is 11.3 Å². The minimum atomic E-state index is -1.26. The molecule has 8 heteroatoms. The van der Waals surface area contributed by atoms with Crippen molar-refractivity contribution in [2.75, 3.05) is 25.1 Å². The first-order valence-corrected chi connectivity index (χ1v) is 10.5. The summed E-state index contributed by atoms with van der Waals surface area (Å²) in [7, 11) is 0. The smallest absolute Gasteiger partial charge is 0.324 e. The summed E-state index contributed by atoms with van der Waals surface area (Å²) in [6, 6.07) is 0. The van der Waals surface area contributed by atoms with Gasteiger partial charge in [0.1, 0.15) is 6.10 Å². The van der Waals surface area contributed by atoms with E-state index in [4.69, 9.17) is 14.2 Å². The summed E-state index contributed by atoms with van der Waals surface area (Å²) < 4.78 is 16.8. The number of aromatic nitrogens is 1. The molecule has 3 rings (SSSR count). The van der Waals surface area contributed by atoms with E-state index in [0.29, 0.717) is 31.4 Å². The molecule has 3 heterocycles. The van der Waals surface area contributed by atoms with Crippen molar-refractivity contribution >= 4 is 28.4 Å². The summed E-state index contributed by atoms with van der Waals surface area (Å²) in [5.41, 5.74) is -1.58. The Hall–Kier alpha value is -1.93. The topological polar surface area (TPSA) is 86.8 Å². The van der Waals surface area contributed by atoms with Crippen molar-refractivity contribution in [1.82, 2.24) is 4.98 Å². The lowest BCUT2D eigenvalue weighted by Crippen LogP contribution is -2.32. The van der Waals surface area contributed by atoms with Gasteiger partial charge >= 0.3 is 11.9 Å². The fourth-order valence-corrected chi connectivity index (χ4v) is 4.45. The van der Waals surface area contributed by atoms with E-state index in [0.717, 1.165) is 11.6 Å². The van der Waals surface area contributed by atoms with Gasteiger partial charge in [0.25, 0.3) is 0 Å². The van der Waals surface area contributed by atoms with Gasteiger partial charge in [-0.05, 0) is 19.3 Å². The van der Waals surface area contributed by atoms with E-state index >= 15 is 0 Å².